The molecule has 0 aliphatic rings. The number of amides is 1. The molecule has 0 saturated heterocycles. The van der Waals surface area contributed by atoms with E-state index in [0.717, 1.165) is 11.5 Å². The molecule has 0 aromatic carbocycles. The molecule has 0 aliphatic carbocycles. The minimum atomic E-state index is -1.08. The lowest BCUT2D eigenvalue weighted by Crippen LogP contribution is -2.42. The number of aryl methyl sites for hydroxylation is 1. The van der Waals surface area contributed by atoms with E-state index in [1.165, 1.54) is 11.9 Å². The first-order valence-electron chi connectivity index (χ1n) is 5.98. The fraction of sp³-hybridized carbons (Fsp3) is 0.583. The van der Waals surface area contributed by atoms with Gasteiger partial charge in [0.25, 0.3) is 0 Å². The zero-order chi connectivity index (χ0) is 14.7. The van der Waals surface area contributed by atoms with E-state index in [2.05, 4.69) is 4.37 Å². The number of carbonyl (C=O) groups excluding carboxylic acids is 1. The Morgan fingerprint density at radius 3 is 2.53 bits per heavy atom. The van der Waals surface area contributed by atoms with Crippen molar-refractivity contribution in [3.8, 4) is 0 Å². The van der Waals surface area contributed by atoms with Crippen LogP contribution in [0.5, 0.6) is 0 Å². The van der Waals surface area contributed by atoms with Crippen LogP contribution >= 0.6 is 11.5 Å². The summed E-state index contributed by atoms with van der Waals surface area (Å²) in [6.45, 7) is 5.56. The number of hydrogen-bond donors (Lipinski definition) is 2. The van der Waals surface area contributed by atoms with Gasteiger partial charge >= 0.3 is 5.97 Å². The normalized spacial score (nSPS) is 12.5. The summed E-state index contributed by atoms with van der Waals surface area (Å²) in [7, 11) is 1.53. The maximum Gasteiger partial charge on any atom is 0.340 e. The van der Waals surface area contributed by atoms with Crippen molar-refractivity contribution < 1.29 is 14.7 Å². The van der Waals surface area contributed by atoms with Gasteiger partial charge in [-0.15, -0.1) is 0 Å². The minimum absolute atomic E-state index is 0.0672. The lowest BCUT2D eigenvalue weighted by atomic mass is 10.0. The second-order valence-electron chi connectivity index (χ2n) is 4.89. The molecule has 1 unspecified atom stereocenters. The number of nitrogens with zero attached hydrogens (tertiary/aromatic N) is 2. The molecule has 0 spiro atoms. The molecule has 1 amide bonds. The molecule has 6 nitrogen and oxygen atoms in total. The monoisotopic (exact) mass is 285 g/mol. The number of carboxylic acids is 1. The molecule has 3 N–H and O–H groups in total. The molecule has 19 heavy (non-hydrogen) atoms. The van der Waals surface area contributed by atoms with Crippen LogP contribution in [0.4, 0.5) is 5.00 Å². The third-order valence-corrected chi connectivity index (χ3v) is 3.75. The quantitative estimate of drug-likeness (QED) is 0.854. The van der Waals surface area contributed by atoms with Gasteiger partial charge in [-0.2, -0.15) is 4.37 Å². The number of nitrogens with two attached hydrogens (primary N) is 1. The predicted octanol–water partition coefficient (Wildman–Crippen LogP) is 1.49. The molecule has 0 saturated carbocycles. The van der Waals surface area contributed by atoms with Crippen molar-refractivity contribution in [3.63, 3.8) is 0 Å². The van der Waals surface area contributed by atoms with Crippen molar-refractivity contribution in [3.05, 3.63) is 11.3 Å². The van der Waals surface area contributed by atoms with E-state index >= 15 is 0 Å². The molecule has 0 bridgehead atoms. The molecule has 1 atom stereocenters. The fourth-order valence-corrected chi connectivity index (χ4v) is 2.64. The SMILES string of the molecule is Cc1nsc(N(C)C(=O)C(N)CC(C)C)c1C(=O)O. The standard InChI is InChI=1S/C12H19N3O3S/c1-6(2)5-8(13)10(16)15(4)11-9(12(17)18)7(3)14-19-11/h6,8H,5,13H2,1-4H3,(H,17,18). The number of carbonyl (C=O) groups is 2. The van der Waals surface area contributed by atoms with Crippen molar-refractivity contribution in [2.75, 3.05) is 11.9 Å². The van der Waals surface area contributed by atoms with E-state index in [9.17, 15) is 9.59 Å². The Bertz CT molecular complexity index is 485. The Morgan fingerprint density at radius 1 is 1.47 bits per heavy atom. The van der Waals surface area contributed by atoms with Crippen LogP contribution < -0.4 is 10.6 Å². The largest absolute Gasteiger partial charge is 0.478 e. The van der Waals surface area contributed by atoms with Crippen LogP contribution in [0.2, 0.25) is 0 Å². The third-order valence-electron chi connectivity index (χ3n) is 2.74. The second-order valence-corrected chi connectivity index (χ2v) is 5.64. The van der Waals surface area contributed by atoms with Gasteiger partial charge in [-0.05, 0) is 30.8 Å². The molecular weight excluding hydrogens is 266 g/mol. The maximum atomic E-state index is 12.1. The molecule has 1 rings (SSSR count). The highest BCUT2D eigenvalue weighted by molar-refractivity contribution is 7.11. The van der Waals surface area contributed by atoms with E-state index in [-0.39, 0.29) is 11.5 Å². The number of carboxylic acid groups (broad SMARTS) is 1. The molecule has 0 radical (unpaired) electrons. The molecule has 1 aromatic rings. The van der Waals surface area contributed by atoms with Crippen molar-refractivity contribution in [1.29, 1.82) is 0 Å². The lowest BCUT2D eigenvalue weighted by Gasteiger charge is -2.21. The average Bonchev–Trinajstić information content (AvgIpc) is 2.68. The van der Waals surface area contributed by atoms with E-state index in [4.69, 9.17) is 10.8 Å². The van der Waals surface area contributed by atoms with Gasteiger partial charge < -0.3 is 15.7 Å². The first kappa shape index (κ1) is 15.6. The van der Waals surface area contributed by atoms with Gasteiger partial charge in [-0.3, -0.25) is 4.79 Å². The van der Waals surface area contributed by atoms with Crippen LogP contribution in [-0.4, -0.2) is 34.4 Å². The number of likely N-dealkylation sites (N-methyl/N-ethyl adjacent to an activating group) is 1. The summed E-state index contributed by atoms with van der Waals surface area (Å²) in [6, 6.07) is -0.631. The van der Waals surface area contributed by atoms with Crippen molar-refractivity contribution in [1.82, 2.24) is 4.37 Å². The van der Waals surface area contributed by atoms with Crippen LogP contribution in [0.15, 0.2) is 0 Å². The smallest absolute Gasteiger partial charge is 0.340 e. The van der Waals surface area contributed by atoms with E-state index in [1.54, 1.807) is 6.92 Å². The van der Waals surface area contributed by atoms with Gasteiger partial charge in [0.15, 0.2) is 0 Å². The van der Waals surface area contributed by atoms with Gasteiger partial charge in [0.1, 0.15) is 10.6 Å². The zero-order valence-electron chi connectivity index (χ0n) is 11.5. The Hall–Kier alpha value is -1.47. The van der Waals surface area contributed by atoms with Crippen LogP contribution in [0.3, 0.4) is 0 Å². The summed E-state index contributed by atoms with van der Waals surface area (Å²) in [6.07, 6.45) is 0.559. The van der Waals surface area contributed by atoms with Crippen LogP contribution in [0.1, 0.15) is 36.3 Å². The van der Waals surface area contributed by atoms with Crippen LogP contribution in [0, 0.1) is 12.8 Å². The molecule has 7 heteroatoms. The van der Waals surface area contributed by atoms with Crippen LogP contribution in [-0.2, 0) is 4.79 Å². The highest BCUT2D eigenvalue weighted by atomic mass is 32.1. The number of anilines is 1. The fourth-order valence-electron chi connectivity index (χ4n) is 1.79. The highest BCUT2D eigenvalue weighted by Crippen LogP contribution is 2.28. The molecule has 1 heterocycles. The van der Waals surface area contributed by atoms with Crippen molar-refractivity contribution in [2.24, 2.45) is 11.7 Å². The number of aromatic nitrogens is 1. The van der Waals surface area contributed by atoms with E-state index in [0.29, 0.717) is 23.0 Å². The summed E-state index contributed by atoms with van der Waals surface area (Å²) < 4.78 is 3.99. The molecule has 0 fully saturated rings. The summed E-state index contributed by atoms with van der Waals surface area (Å²) in [5.74, 6) is -1.08. The number of aromatic carboxylic acids is 1. The average molecular weight is 285 g/mol. The lowest BCUT2D eigenvalue weighted by molar-refractivity contribution is -0.119. The van der Waals surface area contributed by atoms with Crippen LogP contribution in [0.25, 0.3) is 0 Å². The molecule has 106 valence electrons. The van der Waals surface area contributed by atoms with Gasteiger partial charge in [-0.25, -0.2) is 4.79 Å². The topological polar surface area (TPSA) is 96.5 Å². The van der Waals surface area contributed by atoms with E-state index in [1.807, 2.05) is 13.8 Å². The highest BCUT2D eigenvalue weighted by Gasteiger charge is 2.27. The third kappa shape index (κ3) is 3.51. The second kappa shape index (κ2) is 6.12. The Morgan fingerprint density at radius 2 is 2.05 bits per heavy atom. The van der Waals surface area contributed by atoms with Gasteiger partial charge in [0, 0.05) is 7.05 Å². The molecular formula is C12H19N3O3S. The zero-order valence-corrected chi connectivity index (χ0v) is 12.3. The summed E-state index contributed by atoms with van der Waals surface area (Å²) in [5, 5.41) is 9.48. The first-order chi connectivity index (χ1) is 8.75. The van der Waals surface area contributed by atoms with Gasteiger partial charge in [0.2, 0.25) is 5.91 Å². The van der Waals surface area contributed by atoms with Crippen molar-refractivity contribution >= 4 is 28.4 Å². The van der Waals surface area contributed by atoms with Gasteiger partial charge in [0.05, 0.1) is 11.7 Å². The molecule has 0 aliphatic heterocycles. The summed E-state index contributed by atoms with van der Waals surface area (Å²) in [5.41, 5.74) is 6.31. The van der Waals surface area contributed by atoms with E-state index < -0.39 is 12.0 Å². The van der Waals surface area contributed by atoms with Crippen molar-refractivity contribution in [2.45, 2.75) is 33.2 Å². The Labute approximate surface area is 116 Å². The Balaban J connectivity index is 2.97. The Kier molecular flexibility index (Phi) is 5.02. The summed E-state index contributed by atoms with van der Waals surface area (Å²) in [4.78, 5) is 24.6. The minimum Gasteiger partial charge on any atom is -0.478 e. The number of hydrogen-bond acceptors (Lipinski definition) is 5. The maximum absolute atomic E-state index is 12.1. The van der Waals surface area contributed by atoms with Gasteiger partial charge in [-0.1, -0.05) is 13.8 Å². The predicted molar refractivity (Wildman–Crippen MR) is 74.7 cm³/mol. The summed E-state index contributed by atoms with van der Waals surface area (Å²) >= 11 is 0.996. The number of rotatable bonds is 5. The first-order valence-corrected chi connectivity index (χ1v) is 6.75. The molecule has 1 aromatic heterocycles.